The molecule has 3 aliphatic heterocycles. The van der Waals surface area contributed by atoms with Crippen molar-refractivity contribution in [1.29, 1.82) is 0 Å². The Kier molecular flexibility index (Phi) is 7.07. The van der Waals surface area contributed by atoms with Gasteiger partial charge < -0.3 is 14.4 Å². The average molecular weight is 680 g/mol. The van der Waals surface area contributed by atoms with Gasteiger partial charge in [0.05, 0.1) is 11.8 Å². The molecule has 6 aliphatic carbocycles. The van der Waals surface area contributed by atoms with E-state index >= 15 is 0 Å². The zero-order valence-electron chi connectivity index (χ0n) is 29.7. The molecule has 52 heavy (non-hydrogen) atoms. The summed E-state index contributed by atoms with van der Waals surface area (Å²) in [5.41, 5.74) is 12.1. The predicted molar refractivity (Wildman–Crippen MR) is 212 cm³/mol. The van der Waals surface area contributed by atoms with E-state index in [1.165, 1.54) is 62.5 Å². The Morgan fingerprint density at radius 3 is 2.63 bits per heavy atom. The van der Waals surface area contributed by atoms with Gasteiger partial charge in [0.2, 0.25) is 0 Å². The molecule has 3 heteroatoms. The van der Waals surface area contributed by atoms with E-state index < -0.39 is 0 Å². The Balaban J connectivity index is 1.15. The summed E-state index contributed by atoms with van der Waals surface area (Å²) in [7, 11) is 0. The molecule has 0 bridgehead atoms. The zero-order valence-corrected chi connectivity index (χ0v) is 29.7. The molecule has 3 heterocycles. The highest BCUT2D eigenvalue weighted by Crippen LogP contribution is 2.65. The molecule has 1 fully saturated rings. The highest BCUT2D eigenvalue weighted by atomic mass is 16.5. The molecular weight excluding hydrogens is 635 g/mol. The van der Waals surface area contributed by atoms with Gasteiger partial charge in [-0.25, -0.2) is 0 Å². The fourth-order valence-electron chi connectivity index (χ4n) is 11.4. The van der Waals surface area contributed by atoms with Crippen LogP contribution in [0.5, 0.6) is 5.75 Å². The van der Waals surface area contributed by atoms with Crippen molar-refractivity contribution in [1.82, 2.24) is 0 Å². The summed E-state index contributed by atoms with van der Waals surface area (Å²) in [5, 5.41) is 0. The Morgan fingerprint density at radius 2 is 1.71 bits per heavy atom. The maximum absolute atomic E-state index is 7.32. The van der Waals surface area contributed by atoms with Crippen LogP contribution in [0.3, 0.4) is 0 Å². The van der Waals surface area contributed by atoms with E-state index in [1.807, 2.05) is 0 Å². The van der Waals surface area contributed by atoms with Crippen LogP contribution in [0.25, 0.3) is 11.1 Å². The van der Waals surface area contributed by atoms with Crippen molar-refractivity contribution in [3.63, 3.8) is 0 Å². The summed E-state index contributed by atoms with van der Waals surface area (Å²) >= 11 is 0. The van der Waals surface area contributed by atoms with Gasteiger partial charge in [0, 0.05) is 45.7 Å². The van der Waals surface area contributed by atoms with Crippen LogP contribution in [0.4, 0.5) is 5.69 Å². The molecule has 9 aliphatic rings. The van der Waals surface area contributed by atoms with Crippen LogP contribution in [0.15, 0.2) is 162 Å². The fraction of sp³-hybridized carbons (Fsp3) is 0.306. The number of ether oxygens (including phenoxy) is 2. The minimum Gasteiger partial charge on any atom is -0.490 e. The van der Waals surface area contributed by atoms with Crippen molar-refractivity contribution in [2.75, 3.05) is 4.90 Å². The molecule has 0 radical (unpaired) electrons. The molecule has 0 amide bonds. The minimum atomic E-state index is -0.260. The number of nitrogens with zero attached hydrogens (tertiary/aromatic N) is 1. The number of para-hydroxylation sites is 1. The minimum absolute atomic E-state index is 0.0192. The lowest BCUT2D eigenvalue weighted by Gasteiger charge is -2.61. The highest BCUT2D eigenvalue weighted by molar-refractivity contribution is 5.94. The first kappa shape index (κ1) is 30.6. The highest BCUT2D eigenvalue weighted by Gasteiger charge is 2.64. The van der Waals surface area contributed by atoms with Crippen LogP contribution in [0.1, 0.15) is 68.1 Å². The van der Waals surface area contributed by atoms with Crippen LogP contribution < -0.4 is 9.64 Å². The summed E-state index contributed by atoms with van der Waals surface area (Å²) in [6.07, 6.45) is 46.2. The van der Waals surface area contributed by atoms with E-state index in [9.17, 15) is 0 Å². The van der Waals surface area contributed by atoms with Gasteiger partial charge in [-0.3, -0.25) is 0 Å². The molecule has 0 saturated carbocycles. The summed E-state index contributed by atoms with van der Waals surface area (Å²) in [5.74, 6) is 2.77. The Bertz CT molecular complexity index is 2210. The van der Waals surface area contributed by atoms with E-state index in [0.717, 1.165) is 50.7 Å². The molecule has 2 aromatic carbocycles. The normalized spacial score (nSPS) is 33.0. The molecule has 1 saturated heterocycles. The van der Waals surface area contributed by atoms with Gasteiger partial charge in [0.15, 0.2) is 0 Å². The molecule has 0 aromatic heterocycles. The molecule has 2 aromatic rings. The van der Waals surface area contributed by atoms with E-state index in [-0.39, 0.29) is 41.4 Å². The summed E-state index contributed by atoms with van der Waals surface area (Å²) in [6.45, 7) is 0. The standard InChI is InChI=1S/C49H45NO2/c1-3-15-32(16-4-1)33-29-30-40-46(31-33)52-45-28-14-21-36(48(45)49(40)38-22-8-11-26-43(38)51-44-27-12-9-23-39(44)49)35-20-13-25-42-47(35)37-19-7-10-24-41(37)50(42)34-17-5-2-6-18-34/h2-3,5,7-8,10-11,13-17,19-22,24,26-31,38-39,42-43,45,48H,1,4,6,9,12,18,23,25H2. The lowest BCUT2D eigenvalue weighted by molar-refractivity contribution is -0.0714. The molecule has 3 nitrogen and oxygen atoms in total. The van der Waals surface area contributed by atoms with Gasteiger partial charge in [-0.05, 0) is 116 Å². The lowest BCUT2D eigenvalue weighted by atomic mass is 9.47. The molecule has 258 valence electrons. The SMILES string of the molecule is C1=CCCC(N2c3ccccc3C3=C(C4=CC=CC5Oc6cc(C7=CCCC=C7)ccc6C6(C7CCCC=C7OC7C=CC=CC76)C45)C=CCC32)=C1. The topological polar surface area (TPSA) is 21.7 Å². The Labute approximate surface area is 307 Å². The third-order valence-corrected chi connectivity index (χ3v) is 13.3. The van der Waals surface area contributed by atoms with Gasteiger partial charge in [-0.15, -0.1) is 0 Å². The molecule has 1 spiro atoms. The van der Waals surface area contributed by atoms with Gasteiger partial charge in [-0.2, -0.15) is 0 Å². The second kappa shape index (κ2) is 12.0. The molecule has 11 rings (SSSR count). The lowest BCUT2D eigenvalue weighted by Crippen LogP contribution is -2.62. The van der Waals surface area contributed by atoms with E-state index in [1.54, 1.807) is 0 Å². The number of fused-ring (bicyclic) bond motifs is 11. The maximum atomic E-state index is 7.32. The summed E-state index contributed by atoms with van der Waals surface area (Å²) in [4.78, 5) is 2.66. The van der Waals surface area contributed by atoms with E-state index in [0.29, 0.717) is 0 Å². The smallest absolute Gasteiger partial charge is 0.125 e. The molecule has 0 N–H and O–H groups in total. The number of allylic oxidation sites excluding steroid dienone is 16. The Hall–Kier alpha value is -5.02. The van der Waals surface area contributed by atoms with Crippen LogP contribution in [0, 0.1) is 17.8 Å². The van der Waals surface area contributed by atoms with Crippen LogP contribution in [-0.4, -0.2) is 18.2 Å². The first-order valence-electron chi connectivity index (χ1n) is 19.7. The second-order valence-corrected chi connectivity index (χ2v) is 15.8. The average Bonchev–Trinajstić information content (AvgIpc) is 3.56. The number of rotatable bonds is 3. The number of anilines is 1. The fourth-order valence-corrected chi connectivity index (χ4v) is 11.4. The third-order valence-electron chi connectivity index (χ3n) is 13.3. The third kappa shape index (κ3) is 4.38. The zero-order chi connectivity index (χ0) is 34.2. The maximum Gasteiger partial charge on any atom is 0.125 e. The van der Waals surface area contributed by atoms with Crippen molar-refractivity contribution < 1.29 is 9.47 Å². The van der Waals surface area contributed by atoms with Gasteiger partial charge in [0.1, 0.15) is 18.0 Å². The van der Waals surface area contributed by atoms with Crippen molar-refractivity contribution in [2.24, 2.45) is 17.8 Å². The van der Waals surface area contributed by atoms with Crippen molar-refractivity contribution in [2.45, 2.75) is 75.0 Å². The van der Waals surface area contributed by atoms with Gasteiger partial charge >= 0.3 is 0 Å². The largest absolute Gasteiger partial charge is 0.490 e. The van der Waals surface area contributed by atoms with Gasteiger partial charge in [0.25, 0.3) is 0 Å². The van der Waals surface area contributed by atoms with E-state index in [2.05, 4.69) is 145 Å². The predicted octanol–water partition coefficient (Wildman–Crippen LogP) is 11.2. The van der Waals surface area contributed by atoms with Crippen LogP contribution in [-0.2, 0) is 10.2 Å². The van der Waals surface area contributed by atoms with Crippen molar-refractivity contribution in [3.8, 4) is 5.75 Å². The van der Waals surface area contributed by atoms with E-state index in [4.69, 9.17) is 9.47 Å². The quantitative estimate of drug-likeness (QED) is 0.322. The second-order valence-electron chi connectivity index (χ2n) is 15.8. The van der Waals surface area contributed by atoms with Crippen molar-refractivity contribution in [3.05, 3.63) is 179 Å². The van der Waals surface area contributed by atoms with Crippen molar-refractivity contribution >= 4 is 16.8 Å². The number of hydrogen-bond acceptors (Lipinski definition) is 3. The summed E-state index contributed by atoms with van der Waals surface area (Å²) < 4.78 is 14.3. The molecule has 7 atom stereocenters. The monoisotopic (exact) mass is 679 g/mol. The summed E-state index contributed by atoms with van der Waals surface area (Å²) in [6, 6.07) is 16.6. The number of benzene rings is 2. The molecule has 7 unspecified atom stereocenters. The first-order valence-corrected chi connectivity index (χ1v) is 19.7. The van der Waals surface area contributed by atoms with Crippen LogP contribution >= 0.6 is 0 Å². The first-order chi connectivity index (χ1) is 25.8. The number of hydrogen-bond donors (Lipinski definition) is 0. The van der Waals surface area contributed by atoms with Crippen LogP contribution in [0.2, 0.25) is 0 Å². The molecular formula is C49H45NO2. The van der Waals surface area contributed by atoms with Gasteiger partial charge in [-0.1, -0.05) is 103 Å². The Morgan fingerprint density at radius 1 is 0.769 bits per heavy atom.